The minimum Gasteiger partial charge on any atom is -0.373 e. The van der Waals surface area contributed by atoms with E-state index in [9.17, 15) is 9.59 Å². The molecule has 31 heavy (non-hydrogen) atoms. The summed E-state index contributed by atoms with van der Waals surface area (Å²) in [5.74, 6) is -0.411. The lowest BCUT2D eigenvalue weighted by molar-refractivity contribution is -0.0315. The van der Waals surface area contributed by atoms with E-state index in [1.165, 1.54) is 0 Å². The quantitative estimate of drug-likeness (QED) is 0.604. The van der Waals surface area contributed by atoms with E-state index in [-0.39, 0.29) is 11.2 Å². The van der Waals surface area contributed by atoms with Crippen LogP contribution in [0, 0.1) is 0 Å². The average Bonchev–Trinajstić information content (AvgIpc) is 3.27. The fraction of sp³-hybridized carbons (Fsp3) is 0.320. The number of H-pyrrole nitrogens is 1. The standard InChI is InChI=1S/C25H27N3O3/c1-2-31-25(15-9-10-16-25)17-26-23(29)21-20(18-11-5-3-6-12-18)22(27-28-24(21)30)19-13-7-4-8-14-19/h3-8,11-14H,2,9-10,15-17H2,1H3,(H,26,29)(H,28,30). The first-order chi connectivity index (χ1) is 15.1. The first-order valence-electron chi connectivity index (χ1n) is 10.8. The molecule has 1 aliphatic carbocycles. The Bertz CT molecular complexity index is 1090. The number of hydrogen-bond donors (Lipinski definition) is 2. The Morgan fingerprint density at radius 2 is 1.65 bits per heavy atom. The van der Waals surface area contributed by atoms with Gasteiger partial charge in [-0.25, -0.2) is 5.10 Å². The molecule has 0 aliphatic heterocycles. The molecule has 3 aromatic rings. The highest BCUT2D eigenvalue weighted by Gasteiger charge is 2.35. The third-order valence-corrected chi connectivity index (χ3v) is 5.86. The fourth-order valence-corrected chi connectivity index (χ4v) is 4.39. The van der Waals surface area contributed by atoms with Gasteiger partial charge in [0.1, 0.15) is 5.56 Å². The van der Waals surface area contributed by atoms with Gasteiger partial charge >= 0.3 is 0 Å². The van der Waals surface area contributed by atoms with Gasteiger partial charge in [-0.3, -0.25) is 9.59 Å². The molecule has 2 aromatic carbocycles. The van der Waals surface area contributed by atoms with Crippen LogP contribution in [0.1, 0.15) is 43.0 Å². The van der Waals surface area contributed by atoms with Crippen LogP contribution in [0.15, 0.2) is 65.5 Å². The molecule has 0 saturated heterocycles. The number of amides is 1. The van der Waals surface area contributed by atoms with E-state index in [1.807, 2.05) is 67.6 Å². The van der Waals surface area contributed by atoms with E-state index >= 15 is 0 Å². The van der Waals surface area contributed by atoms with Crippen molar-refractivity contribution in [2.24, 2.45) is 0 Å². The zero-order valence-electron chi connectivity index (χ0n) is 17.7. The van der Waals surface area contributed by atoms with Crippen molar-refractivity contribution in [2.75, 3.05) is 13.2 Å². The van der Waals surface area contributed by atoms with Crippen LogP contribution in [0.25, 0.3) is 22.4 Å². The van der Waals surface area contributed by atoms with Gasteiger partial charge in [0.15, 0.2) is 0 Å². The smallest absolute Gasteiger partial charge is 0.277 e. The van der Waals surface area contributed by atoms with Crippen molar-refractivity contribution in [3.05, 3.63) is 76.6 Å². The minimum atomic E-state index is -0.507. The molecule has 6 nitrogen and oxygen atoms in total. The molecule has 1 amide bonds. The van der Waals surface area contributed by atoms with Gasteiger partial charge in [0.05, 0.1) is 11.3 Å². The number of hydrogen-bond acceptors (Lipinski definition) is 4. The zero-order chi connectivity index (χ0) is 21.7. The Kier molecular flexibility index (Phi) is 6.28. The van der Waals surface area contributed by atoms with Crippen LogP contribution in [0.2, 0.25) is 0 Å². The van der Waals surface area contributed by atoms with Crippen LogP contribution in [-0.2, 0) is 4.74 Å². The van der Waals surface area contributed by atoms with Gasteiger partial charge in [-0.05, 0) is 25.3 Å². The summed E-state index contributed by atoms with van der Waals surface area (Å²) in [5.41, 5.74) is 1.91. The summed E-state index contributed by atoms with van der Waals surface area (Å²) < 4.78 is 6.00. The third-order valence-electron chi connectivity index (χ3n) is 5.86. The highest BCUT2D eigenvalue weighted by molar-refractivity contribution is 6.03. The summed E-state index contributed by atoms with van der Waals surface area (Å²) in [7, 11) is 0. The molecular weight excluding hydrogens is 390 g/mol. The molecule has 1 aromatic heterocycles. The Morgan fingerprint density at radius 1 is 1.03 bits per heavy atom. The second kappa shape index (κ2) is 9.27. The minimum absolute atomic E-state index is 0.0738. The summed E-state index contributed by atoms with van der Waals surface area (Å²) in [6.45, 7) is 2.95. The number of nitrogens with one attached hydrogen (secondary N) is 2. The van der Waals surface area contributed by atoms with E-state index in [4.69, 9.17) is 4.74 Å². The molecule has 0 bridgehead atoms. The van der Waals surface area contributed by atoms with Crippen LogP contribution < -0.4 is 10.9 Å². The number of rotatable bonds is 7. The van der Waals surface area contributed by atoms with E-state index in [2.05, 4.69) is 15.5 Å². The van der Waals surface area contributed by atoms with Crippen LogP contribution in [-0.4, -0.2) is 34.9 Å². The van der Waals surface area contributed by atoms with Crippen molar-refractivity contribution in [1.29, 1.82) is 0 Å². The SMILES string of the molecule is CCOC1(CNC(=O)c2c(-c3ccccc3)c(-c3ccccc3)n[nH]c2=O)CCCC1. The maximum Gasteiger partial charge on any atom is 0.277 e. The van der Waals surface area contributed by atoms with E-state index in [0.717, 1.165) is 36.8 Å². The summed E-state index contributed by atoms with van der Waals surface area (Å²) in [6, 6.07) is 19.0. The molecule has 1 aliphatic rings. The number of ether oxygens (including phenoxy) is 1. The van der Waals surface area contributed by atoms with Crippen LogP contribution in [0.4, 0.5) is 0 Å². The van der Waals surface area contributed by atoms with Crippen molar-refractivity contribution in [3.8, 4) is 22.4 Å². The summed E-state index contributed by atoms with van der Waals surface area (Å²) in [4.78, 5) is 26.2. The maximum absolute atomic E-state index is 13.3. The predicted octanol–water partition coefficient (Wildman–Crippen LogP) is 4.18. The van der Waals surface area contributed by atoms with Gasteiger partial charge in [0.25, 0.3) is 11.5 Å². The Balaban J connectivity index is 1.76. The van der Waals surface area contributed by atoms with Gasteiger partial charge in [0, 0.05) is 24.3 Å². The van der Waals surface area contributed by atoms with Crippen molar-refractivity contribution in [1.82, 2.24) is 15.5 Å². The molecule has 2 N–H and O–H groups in total. The molecule has 1 saturated carbocycles. The van der Waals surface area contributed by atoms with Crippen molar-refractivity contribution < 1.29 is 9.53 Å². The average molecular weight is 418 g/mol. The van der Waals surface area contributed by atoms with E-state index in [1.54, 1.807) is 0 Å². The van der Waals surface area contributed by atoms with Crippen LogP contribution in [0.5, 0.6) is 0 Å². The molecule has 160 valence electrons. The monoisotopic (exact) mass is 417 g/mol. The van der Waals surface area contributed by atoms with Crippen LogP contribution in [0.3, 0.4) is 0 Å². The third kappa shape index (κ3) is 4.44. The lowest BCUT2D eigenvalue weighted by atomic mass is 9.95. The lowest BCUT2D eigenvalue weighted by Gasteiger charge is -2.29. The Labute approximate surface area is 181 Å². The van der Waals surface area contributed by atoms with E-state index < -0.39 is 11.5 Å². The van der Waals surface area contributed by atoms with Gasteiger partial charge in [-0.1, -0.05) is 73.5 Å². The highest BCUT2D eigenvalue weighted by Crippen LogP contribution is 2.34. The molecule has 0 unspecified atom stereocenters. The molecule has 1 heterocycles. The largest absolute Gasteiger partial charge is 0.373 e. The second-order valence-corrected chi connectivity index (χ2v) is 7.89. The second-order valence-electron chi connectivity index (χ2n) is 7.89. The number of carbonyl (C=O) groups excluding carboxylic acids is 1. The number of aromatic nitrogens is 2. The number of carbonyl (C=O) groups is 1. The molecule has 0 spiro atoms. The molecule has 6 heteroatoms. The maximum atomic E-state index is 13.3. The van der Waals surface area contributed by atoms with E-state index in [0.29, 0.717) is 24.4 Å². The molecule has 0 atom stereocenters. The first kappa shape index (κ1) is 21.0. The fourth-order valence-electron chi connectivity index (χ4n) is 4.39. The molecule has 0 radical (unpaired) electrons. The summed E-state index contributed by atoms with van der Waals surface area (Å²) in [5, 5.41) is 9.81. The number of aromatic amines is 1. The predicted molar refractivity (Wildman–Crippen MR) is 121 cm³/mol. The molecular formula is C25H27N3O3. The first-order valence-corrected chi connectivity index (χ1v) is 10.8. The Hall–Kier alpha value is -3.25. The van der Waals surface area contributed by atoms with Gasteiger partial charge in [0.2, 0.25) is 0 Å². The van der Waals surface area contributed by atoms with Gasteiger partial charge < -0.3 is 10.1 Å². The van der Waals surface area contributed by atoms with Crippen molar-refractivity contribution in [2.45, 2.75) is 38.2 Å². The zero-order valence-corrected chi connectivity index (χ0v) is 17.7. The van der Waals surface area contributed by atoms with Crippen molar-refractivity contribution in [3.63, 3.8) is 0 Å². The summed E-state index contributed by atoms with van der Waals surface area (Å²) in [6.07, 6.45) is 3.99. The lowest BCUT2D eigenvalue weighted by Crippen LogP contribution is -2.44. The van der Waals surface area contributed by atoms with Crippen LogP contribution >= 0.6 is 0 Å². The topological polar surface area (TPSA) is 84.1 Å². The summed E-state index contributed by atoms with van der Waals surface area (Å²) >= 11 is 0. The van der Waals surface area contributed by atoms with Crippen molar-refractivity contribution >= 4 is 5.91 Å². The normalized spacial score (nSPS) is 15.0. The molecule has 1 fully saturated rings. The molecule has 4 rings (SSSR count). The van der Waals surface area contributed by atoms with Gasteiger partial charge in [-0.2, -0.15) is 5.10 Å². The number of nitrogens with zero attached hydrogens (tertiary/aromatic N) is 1. The van der Waals surface area contributed by atoms with Gasteiger partial charge in [-0.15, -0.1) is 0 Å². The Morgan fingerprint density at radius 3 is 2.26 bits per heavy atom. The number of benzene rings is 2. The highest BCUT2D eigenvalue weighted by atomic mass is 16.5.